The van der Waals surface area contributed by atoms with Crippen LogP contribution in [0.5, 0.6) is 11.5 Å². The largest absolute Gasteiger partial charge is 0.493 e. The van der Waals surface area contributed by atoms with E-state index in [1.54, 1.807) is 31.2 Å². The number of carbonyl (C=O) groups is 1. The molecule has 1 amide bonds. The van der Waals surface area contributed by atoms with Gasteiger partial charge in [-0.15, -0.1) is 0 Å². The lowest BCUT2D eigenvalue weighted by atomic mass is 9.98. The molecule has 1 aliphatic rings. The Morgan fingerprint density at radius 2 is 1.81 bits per heavy atom. The van der Waals surface area contributed by atoms with Crippen molar-refractivity contribution in [1.29, 1.82) is 0 Å². The van der Waals surface area contributed by atoms with E-state index in [-0.39, 0.29) is 28.1 Å². The van der Waals surface area contributed by atoms with E-state index in [0.717, 1.165) is 6.07 Å². The summed E-state index contributed by atoms with van der Waals surface area (Å²) in [5.41, 5.74) is 0.253. The SMILES string of the molecule is COc1ccc([C@@H]2c3c(oc4ccc(F)cc4c3=O)C(=O)N2c2cc(C)on2)cc1OC. The number of benzene rings is 2. The zero-order chi connectivity index (χ0) is 22.6. The monoisotopic (exact) mass is 436 g/mol. The fraction of sp³-hybridized carbons (Fsp3) is 0.174. The minimum Gasteiger partial charge on any atom is -0.493 e. The van der Waals surface area contributed by atoms with Crippen LogP contribution in [0.3, 0.4) is 0 Å². The van der Waals surface area contributed by atoms with Gasteiger partial charge >= 0.3 is 0 Å². The summed E-state index contributed by atoms with van der Waals surface area (Å²) in [6, 6.07) is 9.33. The van der Waals surface area contributed by atoms with Gasteiger partial charge in [-0.05, 0) is 42.8 Å². The Hall–Kier alpha value is -4.14. The van der Waals surface area contributed by atoms with Crippen molar-refractivity contribution in [2.75, 3.05) is 19.1 Å². The first-order valence-electron chi connectivity index (χ1n) is 9.68. The molecule has 162 valence electrons. The van der Waals surface area contributed by atoms with Crippen molar-refractivity contribution >= 4 is 22.7 Å². The molecule has 2 aromatic carbocycles. The number of fused-ring (bicyclic) bond motifs is 2. The van der Waals surface area contributed by atoms with Gasteiger partial charge in [0.2, 0.25) is 5.76 Å². The summed E-state index contributed by atoms with van der Waals surface area (Å²) < 4.78 is 35.5. The first-order valence-corrected chi connectivity index (χ1v) is 9.68. The van der Waals surface area contributed by atoms with Crippen molar-refractivity contribution in [3.05, 3.63) is 81.2 Å². The molecule has 8 nitrogen and oxygen atoms in total. The zero-order valence-electron chi connectivity index (χ0n) is 17.3. The van der Waals surface area contributed by atoms with Crippen LogP contribution < -0.4 is 19.8 Å². The summed E-state index contributed by atoms with van der Waals surface area (Å²) in [5.74, 6) is 0.331. The van der Waals surface area contributed by atoms with Gasteiger partial charge in [-0.1, -0.05) is 11.2 Å². The fourth-order valence-electron chi connectivity index (χ4n) is 3.99. The number of halogens is 1. The van der Waals surface area contributed by atoms with Gasteiger partial charge in [0.1, 0.15) is 17.2 Å². The molecular weight excluding hydrogens is 419 g/mol. The van der Waals surface area contributed by atoms with Gasteiger partial charge in [0.05, 0.1) is 31.2 Å². The molecule has 0 saturated heterocycles. The number of aromatic nitrogens is 1. The Morgan fingerprint density at radius 1 is 1.03 bits per heavy atom. The molecule has 0 N–H and O–H groups in total. The third kappa shape index (κ3) is 2.85. The second kappa shape index (κ2) is 7.23. The van der Waals surface area contributed by atoms with E-state index in [4.69, 9.17) is 18.4 Å². The lowest BCUT2D eigenvalue weighted by Crippen LogP contribution is -2.29. The highest BCUT2D eigenvalue weighted by Gasteiger charge is 2.45. The van der Waals surface area contributed by atoms with E-state index < -0.39 is 23.2 Å². The van der Waals surface area contributed by atoms with Crippen LogP contribution in [0.4, 0.5) is 10.2 Å². The molecule has 0 unspecified atom stereocenters. The second-order valence-electron chi connectivity index (χ2n) is 7.30. The van der Waals surface area contributed by atoms with E-state index in [2.05, 4.69) is 5.16 Å². The highest BCUT2D eigenvalue weighted by molar-refractivity contribution is 6.10. The summed E-state index contributed by atoms with van der Waals surface area (Å²) in [5, 5.41) is 4.01. The van der Waals surface area contributed by atoms with Gasteiger partial charge in [0.15, 0.2) is 22.7 Å². The number of hydrogen-bond acceptors (Lipinski definition) is 7. The Kier molecular flexibility index (Phi) is 4.47. The van der Waals surface area contributed by atoms with Gasteiger partial charge in [-0.2, -0.15) is 0 Å². The van der Waals surface area contributed by atoms with Crippen LogP contribution >= 0.6 is 0 Å². The van der Waals surface area contributed by atoms with Crippen molar-refractivity contribution in [3.63, 3.8) is 0 Å². The molecule has 0 radical (unpaired) electrons. The third-order valence-electron chi connectivity index (χ3n) is 5.42. The summed E-state index contributed by atoms with van der Waals surface area (Å²) in [6.07, 6.45) is 0. The summed E-state index contributed by atoms with van der Waals surface area (Å²) in [4.78, 5) is 28.2. The Bertz CT molecular complexity index is 1440. The van der Waals surface area contributed by atoms with E-state index >= 15 is 0 Å². The molecule has 0 saturated carbocycles. The van der Waals surface area contributed by atoms with Gasteiger partial charge < -0.3 is 18.4 Å². The van der Waals surface area contributed by atoms with Crippen molar-refractivity contribution < 1.29 is 27.6 Å². The Labute approximate surface area is 180 Å². The molecule has 9 heteroatoms. The number of aryl methyl sites for hydroxylation is 1. The first kappa shape index (κ1) is 19.8. The average molecular weight is 436 g/mol. The Balaban J connectivity index is 1.81. The van der Waals surface area contributed by atoms with E-state index in [1.807, 2.05) is 0 Å². The number of carbonyl (C=O) groups excluding carboxylic acids is 1. The lowest BCUT2D eigenvalue weighted by molar-refractivity contribution is 0.0969. The fourth-order valence-corrected chi connectivity index (χ4v) is 3.99. The van der Waals surface area contributed by atoms with Crippen molar-refractivity contribution in [2.24, 2.45) is 0 Å². The number of hydrogen-bond donors (Lipinski definition) is 0. The molecule has 3 heterocycles. The van der Waals surface area contributed by atoms with Crippen LogP contribution in [-0.4, -0.2) is 25.3 Å². The van der Waals surface area contributed by atoms with Crippen molar-refractivity contribution in [3.8, 4) is 11.5 Å². The van der Waals surface area contributed by atoms with Crippen LogP contribution in [0.1, 0.15) is 33.5 Å². The molecule has 0 aliphatic carbocycles. The molecule has 1 atom stereocenters. The molecule has 5 rings (SSSR count). The van der Waals surface area contributed by atoms with Gasteiger partial charge in [0, 0.05) is 6.07 Å². The van der Waals surface area contributed by atoms with Crippen LogP contribution in [0.25, 0.3) is 11.0 Å². The predicted molar refractivity (Wildman–Crippen MR) is 112 cm³/mol. The lowest BCUT2D eigenvalue weighted by Gasteiger charge is -2.23. The number of ether oxygens (including phenoxy) is 2. The highest BCUT2D eigenvalue weighted by Crippen LogP contribution is 2.43. The quantitative estimate of drug-likeness (QED) is 0.477. The molecule has 4 aromatic rings. The predicted octanol–water partition coefficient (Wildman–Crippen LogP) is 4.00. The smallest absolute Gasteiger partial charge is 0.296 e. The minimum atomic E-state index is -0.897. The number of rotatable bonds is 4. The molecular formula is C23H17FN2O6. The van der Waals surface area contributed by atoms with Gasteiger partial charge in [-0.3, -0.25) is 14.5 Å². The van der Waals surface area contributed by atoms with Gasteiger partial charge in [-0.25, -0.2) is 4.39 Å². The normalized spacial score (nSPS) is 15.3. The van der Waals surface area contributed by atoms with E-state index in [0.29, 0.717) is 22.8 Å². The number of methoxy groups -OCH3 is 2. The molecule has 2 aromatic heterocycles. The number of amides is 1. The standard InChI is InChI=1S/C23H17FN2O6/c1-11-8-18(25-32-11)26-20(12-4-6-16(29-2)17(9-12)30-3)19-21(27)14-10-13(24)5-7-15(14)31-22(19)23(26)28/h4-10,20H,1-3H3/t20-/m1/s1. The molecule has 0 fully saturated rings. The minimum absolute atomic E-state index is 0.0419. The van der Waals surface area contributed by atoms with Crippen LogP contribution in [0, 0.1) is 12.7 Å². The van der Waals surface area contributed by atoms with Crippen molar-refractivity contribution in [1.82, 2.24) is 5.16 Å². The average Bonchev–Trinajstić information content (AvgIpc) is 3.34. The topological polar surface area (TPSA) is 95.0 Å². The van der Waals surface area contributed by atoms with Crippen LogP contribution in [0.15, 0.2) is 56.2 Å². The Morgan fingerprint density at radius 3 is 2.50 bits per heavy atom. The van der Waals surface area contributed by atoms with Crippen LogP contribution in [0.2, 0.25) is 0 Å². The number of nitrogens with zero attached hydrogens (tertiary/aromatic N) is 2. The van der Waals surface area contributed by atoms with Gasteiger partial charge in [0.25, 0.3) is 5.91 Å². The summed E-state index contributed by atoms with van der Waals surface area (Å²) >= 11 is 0. The maximum atomic E-state index is 13.9. The molecule has 0 bridgehead atoms. The molecule has 0 spiro atoms. The second-order valence-corrected chi connectivity index (χ2v) is 7.30. The zero-order valence-corrected chi connectivity index (χ0v) is 17.3. The maximum absolute atomic E-state index is 13.9. The maximum Gasteiger partial charge on any atom is 0.296 e. The number of anilines is 1. The summed E-state index contributed by atoms with van der Waals surface area (Å²) in [7, 11) is 2.99. The molecule has 1 aliphatic heterocycles. The van der Waals surface area contributed by atoms with Crippen LogP contribution in [-0.2, 0) is 0 Å². The van der Waals surface area contributed by atoms with Crippen molar-refractivity contribution in [2.45, 2.75) is 13.0 Å². The molecule has 32 heavy (non-hydrogen) atoms. The van der Waals surface area contributed by atoms with E-state index in [9.17, 15) is 14.0 Å². The summed E-state index contributed by atoms with van der Waals surface area (Å²) in [6.45, 7) is 1.69. The first-order chi connectivity index (χ1) is 15.4. The third-order valence-corrected chi connectivity index (χ3v) is 5.42. The highest BCUT2D eigenvalue weighted by atomic mass is 19.1. The van der Waals surface area contributed by atoms with E-state index in [1.165, 1.54) is 31.3 Å².